The van der Waals surface area contributed by atoms with E-state index < -0.39 is 6.09 Å². The molecular weight excluding hydrogens is 853 g/mol. The fourth-order valence-electron chi connectivity index (χ4n) is 9.30. The molecule has 0 aliphatic heterocycles. The Hall–Kier alpha value is -5.99. The number of carbonyl (C=O) groups excluding carboxylic acids is 3. The van der Waals surface area contributed by atoms with Gasteiger partial charge in [-0.15, -0.1) is 20.4 Å². The lowest BCUT2D eigenvalue weighted by molar-refractivity contribution is -0.120. The highest BCUT2D eigenvalue weighted by atomic mass is 32.1. The van der Waals surface area contributed by atoms with Crippen molar-refractivity contribution in [3.8, 4) is 11.1 Å². The lowest BCUT2D eigenvalue weighted by atomic mass is 9.90. The number of benzene rings is 4. The molecule has 9 rings (SSSR count). The molecule has 0 saturated heterocycles. The van der Waals surface area contributed by atoms with Crippen LogP contribution in [-0.2, 0) is 27.2 Å². The van der Waals surface area contributed by atoms with Crippen LogP contribution in [0.1, 0.15) is 150 Å². The summed E-state index contributed by atoms with van der Waals surface area (Å²) in [5.41, 5.74) is 14.0. The van der Waals surface area contributed by atoms with E-state index in [9.17, 15) is 14.4 Å². The molecule has 14 heteroatoms. The molecule has 3 amide bonds. The predicted octanol–water partition coefficient (Wildman–Crippen LogP) is 11.0. The largest absolute Gasteiger partial charge is 0.448 e. The summed E-state index contributed by atoms with van der Waals surface area (Å²) in [5.74, 6) is 0.888. The maximum Gasteiger partial charge on any atom is 0.411 e. The number of nitrogens with one attached hydrogen (secondary N) is 3. The van der Waals surface area contributed by atoms with Gasteiger partial charge in [0.25, 0.3) is 0 Å². The van der Waals surface area contributed by atoms with E-state index in [1.54, 1.807) is 29.6 Å². The van der Waals surface area contributed by atoms with Gasteiger partial charge in [0.05, 0.1) is 12.1 Å². The first-order chi connectivity index (χ1) is 31.7. The van der Waals surface area contributed by atoms with Crippen molar-refractivity contribution in [1.29, 1.82) is 0 Å². The SMILES string of the molecule is CC(=O)N[C@@H](Cc1ccc(N)cc1)c1nnc(C2CCCCC2)s1.CC(=O)N[C@@H](Cc1ccc(NC(=O)OCC2c3ccccc3-c3ccccc32)cc1)c1nnc(C2CCCCC2)s1. The minimum absolute atomic E-state index is 0.0141. The lowest BCUT2D eigenvalue weighted by Gasteiger charge is -2.18. The molecule has 0 unspecified atom stereocenters. The van der Waals surface area contributed by atoms with Crippen LogP contribution in [0.5, 0.6) is 0 Å². The molecule has 338 valence electrons. The molecule has 2 atom stereocenters. The zero-order valence-corrected chi connectivity index (χ0v) is 38.8. The van der Waals surface area contributed by atoms with Crippen LogP contribution in [0.3, 0.4) is 0 Å². The molecule has 3 aliphatic rings. The summed E-state index contributed by atoms with van der Waals surface area (Å²) in [5, 5.41) is 30.6. The van der Waals surface area contributed by atoms with Crippen molar-refractivity contribution >= 4 is 52.0 Å². The van der Waals surface area contributed by atoms with Crippen molar-refractivity contribution in [2.24, 2.45) is 0 Å². The Kier molecular flexibility index (Phi) is 15.3. The second kappa shape index (κ2) is 21.8. The zero-order chi connectivity index (χ0) is 45.1. The molecule has 0 radical (unpaired) electrons. The van der Waals surface area contributed by atoms with Crippen LogP contribution in [0.25, 0.3) is 11.1 Å². The Morgan fingerprint density at radius 3 is 1.52 bits per heavy atom. The number of ether oxygens (including phenoxy) is 1. The number of nitrogen functional groups attached to an aromatic ring is 1. The molecular formula is C51H58N8O4S2. The molecule has 0 bridgehead atoms. The molecule has 3 aliphatic carbocycles. The second-order valence-electron chi connectivity index (χ2n) is 17.4. The van der Waals surface area contributed by atoms with Gasteiger partial charge in [-0.3, -0.25) is 14.9 Å². The molecule has 5 N–H and O–H groups in total. The standard InChI is InChI=1S/C33H34N4O3S.C18H24N4OS/c1-21(38)34-30(32-37-36-31(41-32)23-9-3-2-4-10-23)19-22-15-17-24(18-16-22)35-33(39)40-20-29-27-13-7-5-11-25(27)26-12-6-8-14-28(26)29;1-12(23)20-16(11-13-7-9-15(19)10-8-13)18-22-21-17(24-18)14-5-3-2-4-6-14/h5-8,11-18,23,29-30H,2-4,9-10,19-20H2,1H3,(H,34,38)(H,35,39);7-10,14,16H,2-6,11,19H2,1H3,(H,20,23)/t30-;16-/m00/s1. The number of hydrogen-bond acceptors (Lipinski definition) is 11. The highest BCUT2D eigenvalue weighted by Gasteiger charge is 2.30. The Morgan fingerprint density at radius 1 is 0.615 bits per heavy atom. The van der Waals surface area contributed by atoms with E-state index in [1.807, 2.05) is 72.8 Å². The van der Waals surface area contributed by atoms with Crippen molar-refractivity contribution in [3.63, 3.8) is 0 Å². The highest BCUT2D eigenvalue weighted by molar-refractivity contribution is 7.11. The maximum atomic E-state index is 12.7. The normalized spacial score (nSPS) is 16.0. The number of nitrogens with two attached hydrogens (primary N) is 1. The van der Waals surface area contributed by atoms with E-state index in [-0.39, 0.29) is 36.4 Å². The Bertz CT molecular complexity index is 2480. The number of fused-ring (bicyclic) bond motifs is 3. The van der Waals surface area contributed by atoms with Gasteiger partial charge in [-0.05, 0) is 96.2 Å². The van der Waals surface area contributed by atoms with Gasteiger partial charge in [0.2, 0.25) is 11.8 Å². The summed E-state index contributed by atoms with van der Waals surface area (Å²) in [6.45, 7) is 3.33. The fourth-order valence-corrected chi connectivity index (χ4v) is 11.4. The van der Waals surface area contributed by atoms with Gasteiger partial charge < -0.3 is 21.1 Å². The number of anilines is 2. The minimum Gasteiger partial charge on any atom is -0.448 e. The van der Waals surface area contributed by atoms with Gasteiger partial charge in [-0.25, -0.2) is 4.79 Å². The topological polar surface area (TPSA) is 174 Å². The maximum absolute atomic E-state index is 12.7. The number of nitrogens with zero attached hydrogens (tertiary/aromatic N) is 4. The van der Waals surface area contributed by atoms with Crippen LogP contribution in [0.4, 0.5) is 16.2 Å². The summed E-state index contributed by atoms with van der Waals surface area (Å²) in [6.07, 6.45) is 13.2. The van der Waals surface area contributed by atoms with E-state index in [0.29, 0.717) is 30.4 Å². The quantitative estimate of drug-likeness (QED) is 0.0822. The number of amides is 3. The molecule has 12 nitrogen and oxygen atoms in total. The van der Waals surface area contributed by atoms with E-state index >= 15 is 0 Å². The third-order valence-corrected chi connectivity index (χ3v) is 15.0. The Labute approximate surface area is 389 Å². The van der Waals surface area contributed by atoms with Gasteiger partial charge in [-0.1, -0.05) is 134 Å². The van der Waals surface area contributed by atoms with E-state index in [1.165, 1.54) is 80.5 Å². The van der Waals surface area contributed by atoms with Gasteiger partial charge in [0.15, 0.2) is 0 Å². The summed E-state index contributed by atoms with van der Waals surface area (Å²) in [4.78, 5) is 36.3. The van der Waals surface area contributed by atoms with E-state index in [4.69, 9.17) is 10.5 Å². The van der Waals surface area contributed by atoms with Gasteiger partial charge in [0, 0.05) is 43.0 Å². The van der Waals surface area contributed by atoms with Crippen molar-refractivity contribution in [2.45, 2.75) is 121 Å². The van der Waals surface area contributed by atoms with Gasteiger partial charge in [0.1, 0.15) is 26.6 Å². The lowest BCUT2D eigenvalue weighted by Crippen LogP contribution is -2.27. The minimum atomic E-state index is -0.486. The van der Waals surface area contributed by atoms with Gasteiger partial charge >= 0.3 is 6.09 Å². The molecule has 2 aromatic heterocycles. The van der Waals surface area contributed by atoms with Crippen LogP contribution >= 0.6 is 22.7 Å². The summed E-state index contributed by atoms with van der Waals surface area (Å²) in [6, 6.07) is 31.6. The van der Waals surface area contributed by atoms with Crippen molar-refractivity contribution in [1.82, 2.24) is 31.0 Å². The van der Waals surface area contributed by atoms with Crippen LogP contribution in [0, 0.1) is 0 Å². The molecule has 2 saturated carbocycles. The van der Waals surface area contributed by atoms with Crippen molar-refractivity contribution in [2.75, 3.05) is 17.7 Å². The Morgan fingerprint density at radius 2 is 1.06 bits per heavy atom. The average Bonchev–Trinajstić information content (AvgIpc) is 4.09. The molecule has 65 heavy (non-hydrogen) atoms. The smallest absolute Gasteiger partial charge is 0.411 e. The first-order valence-corrected chi connectivity index (χ1v) is 24.6. The Balaban J connectivity index is 0.000000204. The third kappa shape index (κ3) is 12.0. The summed E-state index contributed by atoms with van der Waals surface area (Å²) < 4.78 is 5.68. The number of rotatable bonds is 13. The molecule has 2 fully saturated rings. The van der Waals surface area contributed by atoms with Crippen molar-refractivity contribution in [3.05, 3.63) is 139 Å². The average molecular weight is 911 g/mol. The highest BCUT2D eigenvalue weighted by Crippen LogP contribution is 2.45. The predicted molar refractivity (Wildman–Crippen MR) is 258 cm³/mol. The van der Waals surface area contributed by atoms with E-state index in [2.05, 4.69) is 60.6 Å². The molecule has 2 heterocycles. The number of aromatic nitrogens is 4. The second-order valence-corrected chi connectivity index (χ2v) is 19.5. The summed E-state index contributed by atoms with van der Waals surface area (Å²) in [7, 11) is 0. The fraction of sp³-hybridized carbons (Fsp3) is 0.392. The van der Waals surface area contributed by atoms with Crippen molar-refractivity contribution < 1.29 is 19.1 Å². The zero-order valence-electron chi connectivity index (χ0n) is 37.1. The summed E-state index contributed by atoms with van der Waals surface area (Å²) >= 11 is 3.27. The first kappa shape index (κ1) is 45.6. The first-order valence-electron chi connectivity index (χ1n) is 22.9. The monoisotopic (exact) mass is 910 g/mol. The molecule has 6 aromatic rings. The van der Waals surface area contributed by atoms with Crippen LogP contribution < -0.4 is 21.7 Å². The van der Waals surface area contributed by atoms with Crippen LogP contribution in [0.15, 0.2) is 97.1 Å². The van der Waals surface area contributed by atoms with E-state index in [0.717, 1.165) is 49.7 Å². The number of carbonyl (C=O) groups is 3. The van der Waals surface area contributed by atoms with Crippen LogP contribution in [0.2, 0.25) is 0 Å². The van der Waals surface area contributed by atoms with Gasteiger partial charge in [-0.2, -0.15) is 0 Å². The third-order valence-electron chi connectivity index (χ3n) is 12.6. The van der Waals surface area contributed by atoms with Crippen LogP contribution in [-0.4, -0.2) is 44.9 Å². The number of hydrogen-bond donors (Lipinski definition) is 4. The molecule has 4 aromatic carbocycles. The molecule has 0 spiro atoms.